The summed E-state index contributed by atoms with van der Waals surface area (Å²) in [6, 6.07) is 6.72. The maximum absolute atomic E-state index is 11.9. The lowest BCUT2D eigenvalue weighted by molar-refractivity contribution is 0.317. The zero-order chi connectivity index (χ0) is 11.8. The first kappa shape index (κ1) is 12.1. The largest absolute Gasteiger partial charge is 0.370 e. The second-order valence-electron chi connectivity index (χ2n) is 4.26. The predicted molar refractivity (Wildman–Crippen MR) is 65.2 cm³/mol. The van der Waals surface area contributed by atoms with Crippen LogP contribution in [0.15, 0.2) is 33.6 Å². The van der Waals surface area contributed by atoms with Gasteiger partial charge in [-0.3, -0.25) is 0 Å². The van der Waals surface area contributed by atoms with Crippen molar-refractivity contribution in [2.75, 3.05) is 12.4 Å². The molecular formula is C11H13BrO3S. The van der Waals surface area contributed by atoms with Crippen LogP contribution in [0, 0.1) is 0 Å². The van der Waals surface area contributed by atoms with Crippen molar-refractivity contribution in [1.82, 2.24) is 0 Å². The van der Waals surface area contributed by atoms with Gasteiger partial charge < -0.3 is 4.74 Å². The molecule has 0 N–H and O–H groups in total. The first-order chi connectivity index (χ1) is 7.41. The molecule has 3 nitrogen and oxygen atoms in total. The van der Waals surface area contributed by atoms with E-state index >= 15 is 0 Å². The minimum Gasteiger partial charge on any atom is -0.370 e. The van der Waals surface area contributed by atoms with Crippen LogP contribution in [-0.2, 0) is 14.6 Å². The summed E-state index contributed by atoms with van der Waals surface area (Å²) >= 11 is 3.28. The number of rotatable bonds is 4. The average molecular weight is 305 g/mol. The first-order valence-corrected chi connectivity index (χ1v) is 7.48. The molecule has 0 radical (unpaired) electrons. The number of benzene rings is 1. The zero-order valence-corrected chi connectivity index (χ0v) is 11.3. The third kappa shape index (κ3) is 2.84. The normalized spacial score (nSPS) is 24.4. The summed E-state index contributed by atoms with van der Waals surface area (Å²) in [6.07, 6.45) is 0.561. The average Bonchev–Trinajstić information content (AvgIpc) is 2.96. The maximum Gasteiger partial charge on any atom is 0.178 e. The molecule has 1 saturated heterocycles. The van der Waals surface area contributed by atoms with Crippen LogP contribution < -0.4 is 0 Å². The highest BCUT2D eigenvalue weighted by Gasteiger charge is 2.39. The Morgan fingerprint density at radius 2 is 1.94 bits per heavy atom. The van der Waals surface area contributed by atoms with Gasteiger partial charge in [-0.25, -0.2) is 8.42 Å². The predicted octanol–water partition coefficient (Wildman–Crippen LogP) is 2.40. The molecule has 2 rings (SSSR count). The highest BCUT2D eigenvalue weighted by Crippen LogP contribution is 2.31. The monoisotopic (exact) mass is 304 g/mol. The van der Waals surface area contributed by atoms with E-state index in [9.17, 15) is 8.42 Å². The van der Waals surface area contributed by atoms with Crippen molar-refractivity contribution in [2.24, 2.45) is 0 Å². The van der Waals surface area contributed by atoms with Gasteiger partial charge >= 0.3 is 0 Å². The van der Waals surface area contributed by atoms with Gasteiger partial charge in [0, 0.05) is 4.47 Å². The number of ether oxygens (including phenoxy) is 1. The van der Waals surface area contributed by atoms with Crippen LogP contribution in [0.5, 0.6) is 0 Å². The number of sulfone groups is 1. The standard InChI is InChI=1S/C11H13BrO3S/c1-11(8-15-11)6-7-16(13,14)10-4-2-9(12)3-5-10/h2-5H,6-8H2,1H3/t11-/m1/s1. The quantitative estimate of drug-likeness (QED) is 0.803. The molecule has 5 heteroatoms. The van der Waals surface area contributed by atoms with Gasteiger partial charge in [-0.1, -0.05) is 15.9 Å². The Labute approximate surface area is 104 Å². The van der Waals surface area contributed by atoms with E-state index in [4.69, 9.17) is 4.74 Å². The highest BCUT2D eigenvalue weighted by molar-refractivity contribution is 9.10. The molecule has 1 aliphatic rings. The van der Waals surface area contributed by atoms with Crippen LogP contribution >= 0.6 is 15.9 Å². The third-order valence-electron chi connectivity index (χ3n) is 2.71. The van der Waals surface area contributed by atoms with E-state index in [2.05, 4.69) is 15.9 Å². The van der Waals surface area contributed by atoms with Crippen LogP contribution in [0.1, 0.15) is 13.3 Å². The summed E-state index contributed by atoms with van der Waals surface area (Å²) in [5.74, 6) is 0.144. The summed E-state index contributed by atoms with van der Waals surface area (Å²) < 4.78 is 29.9. The van der Waals surface area contributed by atoms with Gasteiger partial charge in [-0.15, -0.1) is 0 Å². The second-order valence-corrected chi connectivity index (χ2v) is 7.29. The molecule has 0 amide bonds. The zero-order valence-electron chi connectivity index (χ0n) is 8.94. The molecule has 0 spiro atoms. The minimum atomic E-state index is -3.17. The molecule has 0 bridgehead atoms. The molecule has 88 valence electrons. The second kappa shape index (κ2) is 4.13. The minimum absolute atomic E-state index is 0.144. The molecule has 1 aromatic carbocycles. The van der Waals surface area contributed by atoms with Gasteiger partial charge in [0.15, 0.2) is 9.84 Å². The molecule has 0 aromatic heterocycles. The summed E-state index contributed by atoms with van der Waals surface area (Å²) in [7, 11) is -3.17. The van der Waals surface area contributed by atoms with Crippen molar-refractivity contribution in [3.63, 3.8) is 0 Å². The molecule has 1 aromatic rings. The maximum atomic E-state index is 11.9. The van der Waals surface area contributed by atoms with E-state index in [1.165, 1.54) is 0 Å². The van der Waals surface area contributed by atoms with Crippen molar-refractivity contribution >= 4 is 25.8 Å². The molecule has 1 heterocycles. The van der Waals surface area contributed by atoms with Crippen molar-refractivity contribution in [3.8, 4) is 0 Å². The van der Waals surface area contributed by atoms with E-state index in [1.54, 1.807) is 24.3 Å². The molecular weight excluding hydrogens is 292 g/mol. The Hall–Kier alpha value is -0.390. The van der Waals surface area contributed by atoms with Crippen LogP contribution in [0.2, 0.25) is 0 Å². The molecule has 0 saturated carbocycles. The van der Waals surface area contributed by atoms with E-state index in [-0.39, 0.29) is 11.4 Å². The van der Waals surface area contributed by atoms with E-state index < -0.39 is 9.84 Å². The van der Waals surface area contributed by atoms with Crippen molar-refractivity contribution in [2.45, 2.75) is 23.8 Å². The summed E-state index contributed by atoms with van der Waals surface area (Å²) in [5, 5.41) is 0. The molecule has 0 aliphatic carbocycles. The number of hydrogen-bond donors (Lipinski definition) is 0. The Morgan fingerprint density at radius 3 is 2.44 bits per heavy atom. The fourth-order valence-electron chi connectivity index (χ4n) is 1.38. The Morgan fingerprint density at radius 1 is 1.38 bits per heavy atom. The lowest BCUT2D eigenvalue weighted by Crippen LogP contribution is -2.14. The Bertz CT molecular complexity index is 474. The Kier molecular flexibility index (Phi) is 3.11. The number of halogens is 1. The number of hydrogen-bond acceptors (Lipinski definition) is 3. The topological polar surface area (TPSA) is 46.7 Å². The SMILES string of the molecule is C[C@@]1(CCS(=O)(=O)c2ccc(Br)cc2)CO1. The summed E-state index contributed by atoms with van der Waals surface area (Å²) in [6.45, 7) is 2.60. The van der Waals surface area contributed by atoms with Crippen LogP contribution in [0.25, 0.3) is 0 Å². The molecule has 1 aliphatic heterocycles. The fraction of sp³-hybridized carbons (Fsp3) is 0.455. The first-order valence-electron chi connectivity index (χ1n) is 5.04. The van der Waals surface area contributed by atoms with Gasteiger partial charge in [0.25, 0.3) is 0 Å². The van der Waals surface area contributed by atoms with Crippen LogP contribution in [-0.4, -0.2) is 26.4 Å². The van der Waals surface area contributed by atoms with Gasteiger partial charge in [0.2, 0.25) is 0 Å². The third-order valence-corrected chi connectivity index (χ3v) is 4.97. The fourth-order valence-corrected chi connectivity index (χ4v) is 3.13. The lowest BCUT2D eigenvalue weighted by Gasteiger charge is -2.06. The highest BCUT2D eigenvalue weighted by atomic mass is 79.9. The lowest BCUT2D eigenvalue weighted by atomic mass is 10.1. The summed E-state index contributed by atoms with van der Waals surface area (Å²) in [4.78, 5) is 0.375. The van der Waals surface area contributed by atoms with Crippen LogP contribution in [0.4, 0.5) is 0 Å². The number of epoxide rings is 1. The molecule has 0 unspecified atom stereocenters. The van der Waals surface area contributed by atoms with Crippen LogP contribution in [0.3, 0.4) is 0 Å². The van der Waals surface area contributed by atoms with Crippen molar-refractivity contribution in [3.05, 3.63) is 28.7 Å². The Balaban J connectivity index is 2.09. The molecule has 1 atom stereocenters. The van der Waals surface area contributed by atoms with E-state index in [0.717, 1.165) is 4.47 Å². The van der Waals surface area contributed by atoms with E-state index in [0.29, 0.717) is 17.9 Å². The summed E-state index contributed by atoms with van der Waals surface area (Å²) in [5.41, 5.74) is -0.206. The van der Waals surface area contributed by atoms with Gasteiger partial charge in [-0.05, 0) is 37.6 Å². The van der Waals surface area contributed by atoms with Gasteiger partial charge in [0.05, 0.1) is 22.9 Å². The van der Waals surface area contributed by atoms with Gasteiger partial charge in [-0.2, -0.15) is 0 Å². The van der Waals surface area contributed by atoms with Crippen molar-refractivity contribution in [1.29, 1.82) is 0 Å². The molecule has 16 heavy (non-hydrogen) atoms. The smallest absolute Gasteiger partial charge is 0.178 e. The van der Waals surface area contributed by atoms with Gasteiger partial charge in [0.1, 0.15) is 0 Å². The van der Waals surface area contributed by atoms with E-state index in [1.807, 2.05) is 6.92 Å². The molecule has 1 fully saturated rings. The van der Waals surface area contributed by atoms with Crippen molar-refractivity contribution < 1.29 is 13.2 Å².